The van der Waals surface area contributed by atoms with Crippen molar-refractivity contribution in [2.75, 3.05) is 15.5 Å². The number of para-hydroxylation sites is 1. The molecule has 6 nitrogen and oxygen atoms in total. The molecule has 1 aliphatic carbocycles. The van der Waals surface area contributed by atoms with Crippen molar-refractivity contribution in [3.63, 3.8) is 0 Å². The van der Waals surface area contributed by atoms with Gasteiger partial charge in [-0.3, -0.25) is 19.3 Å². The Kier molecular flexibility index (Phi) is 5.41. The number of thioether (sulfide) groups is 1. The number of anilines is 3. The first-order valence-corrected chi connectivity index (χ1v) is 11.8. The Morgan fingerprint density at radius 1 is 1.06 bits per heavy atom. The SMILES string of the molecule is O=C(Nc1cc(NC(=O)C23CCC(=O)N2c2ccccc2S3)ccc1F)C1CCCCC1. The average Bonchev–Trinajstić information content (AvgIpc) is 3.32. The van der Waals surface area contributed by atoms with Crippen molar-refractivity contribution in [2.45, 2.75) is 54.7 Å². The van der Waals surface area contributed by atoms with Gasteiger partial charge in [0.2, 0.25) is 11.8 Å². The maximum Gasteiger partial charge on any atom is 0.261 e. The molecule has 3 amide bonds. The van der Waals surface area contributed by atoms with Crippen LogP contribution in [0.5, 0.6) is 0 Å². The van der Waals surface area contributed by atoms with E-state index in [4.69, 9.17) is 0 Å². The number of hydrogen-bond donors (Lipinski definition) is 2. The molecule has 2 aromatic carbocycles. The molecule has 3 aliphatic rings. The summed E-state index contributed by atoms with van der Waals surface area (Å²) in [6.07, 6.45) is 5.46. The Morgan fingerprint density at radius 2 is 1.84 bits per heavy atom. The van der Waals surface area contributed by atoms with E-state index in [0.29, 0.717) is 18.5 Å². The molecule has 1 saturated carbocycles. The third-order valence-electron chi connectivity index (χ3n) is 6.49. The molecule has 1 saturated heterocycles. The van der Waals surface area contributed by atoms with Crippen LogP contribution in [0, 0.1) is 11.7 Å². The summed E-state index contributed by atoms with van der Waals surface area (Å²) < 4.78 is 14.4. The van der Waals surface area contributed by atoms with Crippen molar-refractivity contribution >= 4 is 46.5 Å². The summed E-state index contributed by atoms with van der Waals surface area (Å²) in [6, 6.07) is 11.6. The van der Waals surface area contributed by atoms with Gasteiger partial charge in [0, 0.05) is 22.9 Å². The summed E-state index contributed by atoms with van der Waals surface area (Å²) >= 11 is 1.37. The number of rotatable bonds is 4. The van der Waals surface area contributed by atoms with Crippen LogP contribution in [0.1, 0.15) is 44.9 Å². The maximum absolute atomic E-state index is 14.4. The smallest absolute Gasteiger partial charge is 0.261 e. The molecule has 0 radical (unpaired) electrons. The van der Waals surface area contributed by atoms with Crippen molar-refractivity contribution in [3.05, 3.63) is 48.3 Å². The van der Waals surface area contributed by atoms with Gasteiger partial charge in [-0.1, -0.05) is 43.2 Å². The van der Waals surface area contributed by atoms with Crippen molar-refractivity contribution in [3.8, 4) is 0 Å². The van der Waals surface area contributed by atoms with Gasteiger partial charge in [-0.05, 0) is 49.6 Å². The van der Waals surface area contributed by atoms with Crippen molar-refractivity contribution in [1.82, 2.24) is 0 Å². The minimum absolute atomic E-state index is 0.0533. The van der Waals surface area contributed by atoms with E-state index in [9.17, 15) is 18.8 Å². The van der Waals surface area contributed by atoms with Gasteiger partial charge in [-0.15, -0.1) is 0 Å². The number of carbonyl (C=O) groups is 3. The summed E-state index contributed by atoms with van der Waals surface area (Å²) in [4.78, 5) is 39.9. The molecule has 0 aromatic heterocycles. The molecule has 0 bridgehead atoms. The molecule has 1 unspecified atom stereocenters. The highest BCUT2D eigenvalue weighted by Crippen LogP contribution is 2.56. The Labute approximate surface area is 189 Å². The number of halogens is 1. The number of fused-ring (bicyclic) bond motifs is 3. The highest BCUT2D eigenvalue weighted by Gasteiger charge is 2.57. The molecule has 5 rings (SSSR count). The first-order chi connectivity index (χ1) is 15.5. The number of hydrogen-bond acceptors (Lipinski definition) is 4. The number of nitrogens with one attached hydrogen (secondary N) is 2. The van der Waals surface area contributed by atoms with E-state index in [0.717, 1.165) is 42.7 Å². The number of amides is 3. The molecule has 32 heavy (non-hydrogen) atoms. The fourth-order valence-electron chi connectivity index (χ4n) is 4.83. The summed E-state index contributed by atoms with van der Waals surface area (Å²) in [5.41, 5.74) is 1.17. The lowest BCUT2D eigenvalue weighted by Crippen LogP contribution is -2.49. The lowest BCUT2D eigenvalue weighted by molar-refractivity contribution is -0.121. The molecule has 1 atom stereocenters. The normalized spacial score (nSPS) is 22.4. The van der Waals surface area contributed by atoms with E-state index in [2.05, 4.69) is 10.6 Å². The maximum atomic E-state index is 14.4. The van der Waals surface area contributed by atoms with Gasteiger partial charge in [-0.25, -0.2) is 4.39 Å². The standard InChI is InChI=1S/C24H24FN3O3S/c25-17-11-10-16(14-18(17)27-22(30)15-6-2-1-3-7-15)26-23(31)24-13-12-21(29)28(24)19-8-4-5-9-20(19)32-24/h4-5,8-11,14-15H,1-3,6-7,12-13H2,(H,26,31)(H,27,30). The quantitative estimate of drug-likeness (QED) is 0.689. The second kappa shape index (κ2) is 8.24. The van der Waals surface area contributed by atoms with Gasteiger partial charge in [0.05, 0.1) is 11.4 Å². The Morgan fingerprint density at radius 3 is 2.66 bits per heavy atom. The minimum Gasteiger partial charge on any atom is -0.323 e. The van der Waals surface area contributed by atoms with Crippen molar-refractivity contribution in [2.24, 2.45) is 5.92 Å². The fraction of sp³-hybridized carbons (Fsp3) is 0.375. The van der Waals surface area contributed by atoms with Crippen LogP contribution in [0.4, 0.5) is 21.5 Å². The van der Waals surface area contributed by atoms with Crippen LogP contribution in [0.25, 0.3) is 0 Å². The van der Waals surface area contributed by atoms with Gasteiger partial charge in [-0.2, -0.15) is 0 Å². The van der Waals surface area contributed by atoms with Crippen LogP contribution in [-0.4, -0.2) is 22.6 Å². The first kappa shape index (κ1) is 21.0. The monoisotopic (exact) mass is 453 g/mol. The van der Waals surface area contributed by atoms with Crippen LogP contribution in [0.2, 0.25) is 0 Å². The molecule has 2 fully saturated rings. The lowest BCUT2D eigenvalue weighted by Gasteiger charge is -2.29. The zero-order valence-electron chi connectivity index (χ0n) is 17.5. The number of nitrogens with zero attached hydrogens (tertiary/aromatic N) is 1. The predicted octanol–water partition coefficient (Wildman–Crippen LogP) is 4.91. The molecule has 2 heterocycles. The number of benzene rings is 2. The minimum atomic E-state index is -1.05. The number of carbonyl (C=O) groups excluding carboxylic acids is 3. The topological polar surface area (TPSA) is 78.5 Å². The van der Waals surface area contributed by atoms with E-state index >= 15 is 0 Å². The summed E-state index contributed by atoms with van der Waals surface area (Å²) in [6.45, 7) is 0. The van der Waals surface area contributed by atoms with Crippen LogP contribution in [0.15, 0.2) is 47.4 Å². The van der Waals surface area contributed by atoms with Crippen LogP contribution in [0.3, 0.4) is 0 Å². The Hall–Kier alpha value is -2.87. The summed E-state index contributed by atoms with van der Waals surface area (Å²) in [5.74, 6) is -1.25. The molecule has 0 spiro atoms. The zero-order chi connectivity index (χ0) is 22.3. The van der Waals surface area contributed by atoms with Gasteiger partial charge < -0.3 is 10.6 Å². The molecule has 8 heteroatoms. The van der Waals surface area contributed by atoms with Crippen LogP contribution < -0.4 is 15.5 Å². The van der Waals surface area contributed by atoms with Crippen LogP contribution >= 0.6 is 11.8 Å². The second-order valence-electron chi connectivity index (χ2n) is 8.56. The van der Waals surface area contributed by atoms with Gasteiger partial charge in [0.1, 0.15) is 5.82 Å². The highest BCUT2D eigenvalue weighted by atomic mass is 32.2. The first-order valence-electron chi connectivity index (χ1n) is 11.0. The lowest BCUT2D eigenvalue weighted by atomic mass is 9.88. The van der Waals surface area contributed by atoms with Crippen LogP contribution in [-0.2, 0) is 14.4 Å². The van der Waals surface area contributed by atoms with Gasteiger partial charge >= 0.3 is 0 Å². The summed E-state index contributed by atoms with van der Waals surface area (Å²) in [7, 11) is 0. The van der Waals surface area contributed by atoms with E-state index < -0.39 is 10.7 Å². The van der Waals surface area contributed by atoms with E-state index in [1.807, 2.05) is 24.3 Å². The molecule has 2 aliphatic heterocycles. The van der Waals surface area contributed by atoms with E-state index in [1.54, 1.807) is 4.90 Å². The Balaban J connectivity index is 1.35. The van der Waals surface area contributed by atoms with Crippen molar-refractivity contribution < 1.29 is 18.8 Å². The molecular weight excluding hydrogens is 429 g/mol. The fourth-order valence-corrected chi connectivity index (χ4v) is 6.24. The average molecular weight is 454 g/mol. The van der Waals surface area contributed by atoms with E-state index in [1.165, 1.54) is 30.0 Å². The van der Waals surface area contributed by atoms with Crippen molar-refractivity contribution in [1.29, 1.82) is 0 Å². The third kappa shape index (κ3) is 3.56. The molecule has 2 N–H and O–H groups in total. The predicted molar refractivity (Wildman–Crippen MR) is 122 cm³/mol. The van der Waals surface area contributed by atoms with Gasteiger partial charge in [0.25, 0.3) is 5.91 Å². The van der Waals surface area contributed by atoms with E-state index in [-0.39, 0.29) is 29.3 Å². The Bertz CT molecular complexity index is 1100. The molecule has 166 valence electrons. The largest absolute Gasteiger partial charge is 0.323 e. The van der Waals surface area contributed by atoms with Gasteiger partial charge in [0.15, 0.2) is 4.87 Å². The molecule has 2 aromatic rings. The second-order valence-corrected chi connectivity index (χ2v) is 9.88. The summed E-state index contributed by atoms with van der Waals surface area (Å²) in [5, 5.41) is 5.54. The zero-order valence-corrected chi connectivity index (χ0v) is 18.3. The highest BCUT2D eigenvalue weighted by molar-refractivity contribution is 8.02. The third-order valence-corrected chi connectivity index (χ3v) is 7.96. The molecular formula is C24H24FN3O3S.